The molecule has 2 aromatic rings. The van der Waals surface area contributed by atoms with Crippen molar-refractivity contribution in [2.24, 2.45) is 5.92 Å². The number of carbonyl (C=O) groups is 1. The number of hydrogen-bond donors (Lipinski definition) is 1. The van der Waals surface area contributed by atoms with Crippen molar-refractivity contribution in [2.45, 2.75) is 63.9 Å². The fourth-order valence-corrected chi connectivity index (χ4v) is 5.36. The lowest BCUT2D eigenvalue weighted by Gasteiger charge is -2.27. The molecule has 0 unspecified atom stereocenters. The summed E-state index contributed by atoms with van der Waals surface area (Å²) in [6.07, 6.45) is 4.63. The van der Waals surface area contributed by atoms with Gasteiger partial charge in [0, 0.05) is 10.3 Å². The summed E-state index contributed by atoms with van der Waals surface area (Å²) in [6.45, 7) is 7.54. The molecule has 1 aliphatic rings. The standard InChI is InChI=1S/C19H24N4OS2/c1-11(2)19(4,10-20)23-15(24)9-25-17-16-13-7-5-6-8-14(13)26-18(16)22-12(3)21-17/h11H,5-9H2,1-4H3,(H,23,24)/t19-/m1/s1. The Labute approximate surface area is 162 Å². The van der Waals surface area contributed by atoms with Gasteiger partial charge in [0.05, 0.1) is 11.8 Å². The zero-order valence-corrected chi connectivity index (χ0v) is 17.3. The van der Waals surface area contributed by atoms with Crippen molar-refractivity contribution in [3.63, 3.8) is 0 Å². The molecule has 0 radical (unpaired) electrons. The van der Waals surface area contributed by atoms with E-state index in [1.165, 1.54) is 35.0 Å². The number of nitrogens with one attached hydrogen (secondary N) is 1. The van der Waals surface area contributed by atoms with Crippen molar-refractivity contribution in [1.29, 1.82) is 5.26 Å². The van der Waals surface area contributed by atoms with Gasteiger partial charge >= 0.3 is 0 Å². The summed E-state index contributed by atoms with van der Waals surface area (Å²) >= 11 is 3.22. The fraction of sp³-hybridized carbons (Fsp3) is 0.579. The van der Waals surface area contributed by atoms with Gasteiger partial charge in [-0.05, 0) is 51.0 Å². The van der Waals surface area contributed by atoms with Crippen LogP contribution in [-0.4, -0.2) is 27.2 Å². The molecule has 0 spiro atoms. The van der Waals surface area contributed by atoms with Gasteiger partial charge in [0.2, 0.25) is 5.91 Å². The summed E-state index contributed by atoms with van der Waals surface area (Å²) in [6, 6.07) is 2.22. The predicted octanol–water partition coefficient (Wildman–Crippen LogP) is 4.03. The third kappa shape index (κ3) is 3.72. The van der Waals surface area contributed by atoms with Crippen LogP contribution >= 0.6 is 23.1 Å². The van der Waals surface area contributed by atoms with Crippen LogP contribution in [0.15, 0.2) is 5.03 Å². The number of nitrogens with zero attached hydrogens (tertiary/aromatic N) is 3. The monoisotopic (exact) mass is 388 g/mol. The van der Waals surface area contributed by atoms with Crippen LogP contribution < -0.4 is 5.32 Å². The number of fused-ring (bicyclic) bond motifs is 3. The number of thioether (sulfide) groups is 1. The van der Waals surface area contributed by atoms with E-state index in [0.717, 1.165) is 33.9 Å². The molecule has 26 heavy (non-hydrogen) atoms. The Kier molecular flexibility index (Phi) is 5.54. The first-order chi connectivity index (χ1) is 12.3. The highest BCUT2D eigenvalue weighted by Gasteiger charge is 2.30. The largest absolute Gasteiger partial charge is 0.337 e. The highest BCUT2D eigenvalue weighted by molar-refractivity contribution is 8.00. The van der Waals surface area contributed by atoms with Gasteiger partial charge in [-0.3, -0.25) is 4.79 Å². The molecule has 0 saturated carbocycles. The van der Waals surface area contributed by atoms with Crippen molar-refractivity contribution in [3.05, 3.63) is 16.3 Å². The summed E-state index contributed by atoms with van der Waals surface area (Å²) in [5.41, 5.74) is 0.527. The summed E-state index contributed by atoms with van der Waals surface area (Å²) < 4.78 is 0. The van der Waals surface area contributed by atoms with E-state index in [1.807, 2.05) is 20.8 Å². The van der Waals surface area contributed by atoms with Crippen molar-refractivity contribution in [1.82, 2.24) is 15.3 Å². The van der Waals surface area contributed by atoms with E-state index in [1.54, 1.807) is 18.3 Å². The Hall–Kier alpha value is -1.65. The summed E-state index contributed by atoms with van der Waals surface area (Å²) in [5.74, 6) is 0.892. The van der Waals surface area contributed by atoms with Crippen LogP contribution in [0.25, 0.3) is 10.2 Å². The van der Waals surface area contributed by atoms with E-state index in [2.05, 4.69) is 21.4 Å². The van der Waals surface area contributed by atoms with Crippen LogP contribution in [0.1, 0.15) is 49.9 Å². The highest BCUT2D eigenvalue weighted by atomic mass is 32.2. The molecule has 0 bridgehead atoms. The van der Waals surface area contributed by atoms with Gasteiger partial charge in [-0.1, -0.05) is 25.6 Å². The average Bonchev–Trinajstić information content (AvgIpc) is 2.97. The Morgan fingerprint density at radius 3 is 2.81 bits per heavy atom. The maximum atomic E-state index is 12.4. The SMILES string of the molecule is Cc1nc(SCC(=O)N[C@](C)(C#N)C(C)C)c2c3c(sc2n1)CCCC3. The fourth-order valence-electron chi connectivity index (χ4n) is 3.09. The Morgan fingerprint density at radius 1 is 1.38 bits per heavy atom. The van der Waals surface area contributed by atoms with E-state index in [4.69, 9.17) is 0 Å². The number of hydrogen-bond acceptors (Lipinski definition) is 6. The van der Waals surface area contributed by atoms with Crippen LogP contribution in [0.2, 0.25) is 0 Å². The van der Waals surface area contributed by atoms with Gasteiger partial charge in [-0.25, -0.2) is 9.97 Å². The average molecular weight is 389 g/mol. The maximum absolute atomic E-state index is 12.4. The molecule has 1 amide bonds. The van der Waals surface area contributed by atoms with Gasteiger partial charge in [0.25, 0.3) is 0 Å². The number of thiophene rings is 1. The minimum atomic E-state index is -0.851. The topological polar surface area (TPSA) is 78.7 Å². The zero-order chi connectivity index (χ0) is 18.9. The van der Waals surface area contributed by atoms with Gasteiger partial charge in [-0.2, -0.15) is 5.26 Å². The number of amides is 1. The molecule has 0 aliphatic heterocycles. The molecule has 5 nitrogen and oxygen atoms in total. The summed E-state index contributed by atoms with van der Waals surface area (Å²) in [7, 11) is 0. The van der Waals surface area contributed by atoms with Crippen molar-refractivity contribution in [3.8, 4) is 6.07 Å². The third-order valence-corrected chi connectivity index (χ3v) is 7.18. The third-order valence-electron chi connectivity index (χ3n) is 5.02. The van der Waals surface area contributed by atoms with Crippen LogP contribution in [0.4, 0.5) is 0 Å². The van der Waals surface area contributed by atoms with Gasteiger partial charge in [-0.15, -0.1) is 11.3 Å². The molecule has 3 rings (SSSR count). The molecule has 0 aromatic carbocycles. The van der Waals surface area contributed by atoms with Crippen molar-refractivity contribution < 1.29 is 4.79 Å². The van der Waals surface area contributed by atoms with E-state index < -0.39 is 5.54 Å². The second-order valence-corrected chi connectivity index (χ2v) is 9.32. The van der Waals surface area contributed by atoms with E-state index >= 15 is 0 Å². The first-order valence-corrected chi connectivity index (χ1v) is 10.8. The highest BCUT2D eigenvalue weighted by Crippen LogP contribution is 2.39. The molecule has 2 heterocycles. The van der Waals surface area contributed by atoms with Gasteiger partial charge < -0.3 is 5.32 Å². The molecule has 1 atom stereocenters. The predicted molar refractivity (Wildman–Crippen MR) is 107 cm³/mol. The van der Waals surface area contributed by atoms with Crippen LogP contribution in [0.5, 0.6) is 0 Å². The Morgan fingerprint density at radius 2 is 2.12 bits per heavy atom. The Bertz CT molecular complexity index is 884. The number of aryl methyl sites for hydroxylation is 3. The second-order valence-electron chi connectivity index (χ2n) is 7.27. The minimum absolute atomic E-state index is 0.0401. The lowest BCUT2D eigenvalue weighted by molar-refractivity contribution is -0.120. The lowest BCUT2D eigenvalue weighted by Crippen LogP contribution is -2.49. The van der Waals surface area contributed by atoms with Crippen LogP contribution in [0, 0.1) is 24.2 Å². The summed E-state index contributed by atoms with van der Waals surface area (Å²) in [5, 5.41) is 14.3. The molecule has 2 aromatic heterocycles. The number of nitriles is 1. The second kappa shape index (κ2) is 7.53. The number of carbonyl (C=O) groups excluding carboxylic acids is 1. The minimum Gasteiger partial charge on any atom is -0.337 e. The molecular weight excluding hydrogens is 364 g/mol. The molecule has 7 heteroatoms. The van der Waals surface area contributed by atoms with Gasteiger partial charge in [0.15, 0.2) is 0 Å². The molecule has 1 aliphatic carbocycles. The van der Waals surface area contributed by atoms with Crippen LogP contribution in [0.3, 0.4) is 0 Å². The molecule has 1 N–H and O–H groups in total. The lowest BCUT2D eigenvalue weighted by atomic mass is 9.90. The maximum Gasteiger partial charge on any atom is 0.231 e. The van der Waals surface area contributed by atoms with E-state index in [9.17, 15) is 10.1 Å². The number of aromatic nitrogens is 2. The van der Waals surface area contributed by atoms with Crippen molar-refractivity contribution in [2.75, 3.05) is 5.75 Å². The van der Waals surface area contributed by atoms with E-state index in [0.29, 0.717) is 0 Å². The van der Waals surface area contributed by atoms with Crippen LogP contribution in [-0.2, 0) is 17.6 Å². The first-order valence-electron chi connectivity index (χ1n) is 8.98. The van der Waals surface area contributed by atoms with E-state index in [-0.39, 0.29) is 17.6 Å². The first kappa shape index (κ1) is 19.1. The smallest absolute Gasteiger partial charge is 0.231 e. The molecular formula is C19H24N4OS2. The Balaban J connectivity index is 1.82. The van der Waals surface area contributed by atoms with Gasteiger partial charge in [0.1, 0.15) is 21.2 Å². The molecule has 0 fully saturated rings. The summed E-state index contributed by atoms with van der Waals surface area (Å²) in [4.78, 5) is 24.1. The number of rotatable bonds is 5. The quantitative estimate of drug-likeness (QED) is 0.618. The molecule has 0 saturated heterocycles. The normalized spacial score (nSPS) is 16.2. The van der Waals surface area contributed by atoms with Crippen molar-refractivity contribution >= 4 is 39.2 Å². The molecule has 138 valence electrons. The zero-order valence-electron chi connectivity index (χ0n) is 15.7.